The number of hydrogen-bond acceptors (Lipinski definition) is 2. The summed E-state index contributed by atoms with van der Waals surface area (Å²) in [4.78, 5) is 0. The quantitative estimate of drug-likeness (QED) is 0.776. The molecule has 2 N–H and O–H groups in total. The topological polar surface area (TPSA) is 32.3 Å². The van der Waals surface area contributed by atoms with Crippen LogP contribution < -0.4 is 5.32 Å². The Balaban J connectivity index is 2.98. The molecular formula is C13H21NO. The summed E-state index contributed by atoms with van der Waals surface area (Å²) in [6.07, 6.45) is 0.777. The third-order valence-electron chi connectivity index (χ3n) is 2.76. The monoisotopic (exact) mass is 207 g/mol. The number of rotatable bonds is 5. The first-order valence-corrected chi connectivity index (χ1v) is 5.61. The van der Waals surface area contributed by atoms with Gasteiger partial charge >= 0.3 is 0 Å². The van der Waals surface area contributed by atoms with Gasteiger partial charge in [-0.2, -0.15) is 0 Å². The number of aliphatic hydroxyl groups is 1. The molecule has 0 bridgehead atoms. The largest absolute Gasteiger partial charge is 0.396 e. The van der Waals surface area contributed by atoms with Gasteiger partial charge in [0.25, 0.3) is 0 Å². The van der Waals surface area contributed by atoms with Crippen LogP contribution in [0.2, 0.25) is 0 Å². The van der Waals surface area contributed by atoms with E-state index in [0.29, 0.717) is 0 Å². The second-order valence-corrected chi connectivity index (χ2v) is 3.93. The SMILES string of the molecule is CCNC(CCO)c1c(C)cccc1C. The average molecular weight is 207 g/mol. The molecule has 0 saturated heterocycles. The minimum absolute atomic E-state index is 0.228. The molecule has 0 saturated carbocycles. The molecule has 0 fully saturated rings. The van der Waals surface area contributed by atoms with E-state index in [0.717, 1.165) is 13.0 Å². The van der Waals surface area contributed by atoms with E-state index in [2.05, 4.69) is 44.3 Å². The Morgan fingerprint density at radius 2 is 1.87 bits per heavy atom. The van der Waals surface area contributed by atoms with Crippen LogP contribution in [0.15, 0.2) is 18.2 Å². The van der Waals surface area contributed by atoms with Crippen LogP contribution in [0.3, 0.4) is 0 Å². The normalized spacial score (nSPS) is 12.8. The van der Waals surface area contributed by atoms with Crippen molar-refractivity contribution in [1.29, 1.82) is 0 Å². The second-order valence-electron chi connectivity index (χ2n) is 3.93. The lowest BCUT2D eigenvalue weighted by atomic mass is 9.94. The summed E-state index contributed by atoms with van der Waals surface area (Å²) in [6.45, 7) is 7.51. The Bertz CT molecular complexity index is 283. The smallest absolute Gasteiger partial charge is 0.0449 e. The van der Waals surface area contributed by atoms with Crippen LogP contribution in [-0.2, 0) is 0 Å². The van der Waals surface area contributed by atoms with Crippen molar-refractivity contribution in [3.8, 4) is 0 Å². The molecule has 1 aromatic rings. The number of aliphatic hydroxyl groups excluding tert-OH is 1. The number of aryl methyl sites for hydroxylation is 2. The lowest BCUT2D eigenvalue weighted by Gasteiger charge is -2.21. The summed E-state index contributed by atoms with van der Waals surface area (Å²) in [7, 11) is 0. The summed E-state index contributed by atoms with van der Waals surface area (Å²) in [5.41, 5.74) is 3.94. The maximum absolute atomic E-state index is 9.07. The van der Waals surface area contributed by atoms with E-state index in [1.807, 2.05) is 0 Å². The first-order valence-electron chi connectivity index (χ1n) is 5.61. The van der Waals surface area contributed by atoms with Gasteiger partial charge in [0.2, 0.25) is 0 Å². The lowest BCUT2D eigenvalue weighted by Crippen LogP contribution is -2.23. The Kier molecular flexibility index (Phi) is 4.79. The van der Waals surface area contributed by atoms with Crippen molar-refractivity contribution in [2.45, 2.75) is 33.2 Å². The van der Waals surface area contributed by atoms with Gasteiger partial charge in [0.15, 0.2) is 0 Å². The van der Waals surface area contributed by atoms with Crippen molar-refractivity contribution in [2.75, 3.05) is 13.2 Å². The summed E-state index contributed by atoms with van der Waals surface area (Å²) < 4.78 is 0. The van der Waals surface area contributed by atoms with E-state index < -0.39 is 0 Å². The molecule has 0 aliphatic rings. The fourth-order valence-corrected chi connectivity index (χ4v) is 2.10. The summed E-state index contributed by atoms with van der Waals surface area (Å²) in [6, 6.07) is 6.62. The maximum atomic E-state index is 9.07. The standard InChI is InChI=1S/C13H21NO/c1-4-14-12(8-9-15)13-10(2)6-5-7-11(13)3/h5-7,12,14-15H,4,8-9H2,1-3H3. The van der Waals surface area contributed by atoms with Crippen molar-refractivity contribution in [3.05, 3.63) is 34.9 Å². The van der Waals surface area contributed by atoms with Gasteiger partial charge in [-0.1, -0.05) is 25.1 Å². The molecular weight excluding hydrogens is 186 g/mol. The first kappa shape index (κ1) is 12.2. The minimum Gasteiger partial charge on any atom is -0.396 e. The zero-order valence-electron chi connectivity index (χ0n) is 9.88. The molecule has 1 atom stereocenters. The first-order chi connectivity index (χ1) is 7.20. The van der Waals surface area contributed by atoms with Crippen LogP contribution in [0.1, 0.15) is 36.1 Å². The molecule has 84 valence electrons. The van der Waals surface area contributed by atoms with Crippen molar-refractivity contribution in [2.24, 2.45) is 0 Å². The molecule has 0 heterocycles. The Morgan fingerprint density at radius 1 is 1.27 bits per heavy atom. The van der Waals surface area contributed by atoms with Crippen LogP contribution >= 0.6 is 0 Å². The molecule has 0 radical (unpaired) electrons. The van der Waals surface area contributed by atoms with Crippen LogP contribution in [0.25, 0.3) is 0 Å². The van der Waals surface area contributed by atoms with Gasteiger partial charge in [0.05, 0.1) is 0 Å². The third kappa shape index (κ3) is 3.05. The van der Waals surface area contributed by atoms with Gasteiger partial charge in [-0.05, 0) is 43.5 Å². The highest BCUT2D eigenvalue weighted by Crippen LogP contribution is 2.23. The van der Waals surface area contributed by atoms with Crippen molar-refractivity contribution < 1.29 is 5.11 Å². The zero-order valence-corrected chi connectivity index (χ0v) is 9.88. The Morgan fingerprint density at radius 3 is 2.33 bits per heavy atom. The number of benzene rings is 1. The summed E-state index contributed by atoms with van der Waals surface area (Å²) in [5, 5.41) is 12.5. The van der Waals surface area contributed by atoms with E-state index in [1.54, 1.807) is 0 Å². The van der Waals surface area contributed by atoms with E-state index in [1.165, 1.54) is 16.7 Å². The zero-order chi connectivity index (χ0) is 11.3. The van der Waals surface area contributed by atoms with Gasteiger partial charge < -0.3 is 10.4 Å². The molecule has 0 spiro atoms. The fraction of sp³-hybridized carbons (Fsp3) is 0.538. The van der Waals surface area contributed by atoms with Crippen molar-refractivity contribution in [3.63, 3.8) is 0 Å². The van der Waals surface area contributed by atoms with E-state index >= 15 is 0 Å². The van der Waals surface area contributed by atoms with Crippen LogP contribution in [0.4, 0.5) is 0 Å². The molecule has 2 heteroatoms. The predicted octanol–water partition coefficient (Wildman–Crippen LogP) is 2.34. The van der Waals surface area contributed by atoms with Crippen LogP contribution in [0, 0.1) is 13.8 Å². The molecule has 15 heavy (non-hydrogen) atoms. The molecule has 0 aliphatic heterocycles. The van der Waals surface area contributed by atoms with E-state index in [9.17, 15) is 0 Å². The maximum Gasteiger partial charge on any atom is 0.0449 e. The third-order valence-corrected chi connectivity index (χ3v) is 2.76. The summed E-state index contributed by atoms with van der Waals surface area (Å²) in [5.74, 6) is 0. The summed E-state index contributed by atoms with van der Waals surface area (Å²) >= 11 is 0. The Labute approximate surface area is 92.3 Å². The van der Waals surface area contributed by atoms with Crippen LogP contribution in [0.5, 0.6) is 0 Å². The van der Waals surface area contributed by atoms with Crippen molar-refractivity contribution >= 4 is 0 Å². The number of nitrogens with one attached hydrogen (secondary N) is 1. The second kappa shape index (κ2) is 5.89. The predicted molar refractivity (Wildman–Crippen MR) is 64.0 cm³/mol. The fourth-order valence-electron chi connectivity index (χ4n) is 2.10. The number of hydrogen-bond donors (Lipinski definition) is 2. The minimum atomic E-state index is 0.228. The van der Waals surface area contributed by atoms with Crippen molar-refractivity contribution in [1.82, 2.24) is 5.32 Å². The molecule has 0 aliphatic carbocycles. The van der Waals surface area contributed by atoms with Gasteiger partial charge in [-0.15, -0.1) is 0 Å². The highest BCUT2D eigenvalue weighted by molar-refractivity contribution is 5.36. The molecule has 0 amide bonds. The molecule has 2 nitrogen and oxygen atoms in total. The molecule has 1 aromatic carbocycles. The van der Waals surface area contributed by atoms with Gasteiger partial charge in [0.1, 0.15) is 0 Å². The average Bonchev–Trinajstić information content (AvgIpc) is 2.18. The highest BCUT2D eigenvalue weighted by Gasteiger charge is 2.13. The molecule has 1 unspecified atom stereocenters. The highest BCUT2D eigenvalue weighted by atomic mass is 16.3. The lowest BCUT2D eigenvalue weighted by molar-refractivity contribution is 0.266. The Hall–Kier alpha value is -0.860. The van der Waals surface area contributed by atoms with Crippen LogP contribution in [-0.4, -0.2) is 18.3 Å². The van der Waals surface area contributed by atoms with Gasteiger partial charge in [-0.25, -0.2) is 0 Å². The van der Waals surface area contributed by atoms with E-state index in [-0.39, 0.29) is 12.6 Å². The van der Waals surface area contributed by atoms with Gasteiger partial charge in [-0.3, -0.25) is 0 Å². The molecule has 1 rings (SSSR count). The van der Waals surface area contributed by atoms with Gasteiger partial charge in [0, 0.05) is 12.6 Å². The molecule has 0 aromatic heterocycles. The van der Waals surface area contributed by atoms with E-state index in [4.69, 9.17) is 5.11 Å².